The van der Waals surface area contributed by atoms with E-state index in [2.05, 4.69) is 10.3 Å². The second kappa shape index (κ2) is 6.02. The number of aryl methyl sites for hydroxylation is 2. The smallest absolute Gasteiger partial charge is 0.261 e. The summed E-state index contributed by atoms with van der Waals surface area (Å²) in [6, 6.07) is 12.2. The molecule has 6 heteroatoms. The molecule has 1 aromatic heterocycles. The Bertz CT molecular complexity index is 1150. The Morgan fingerprint density at radius 1 is 0.963 bits per heavy atom. The summed E-state index contributed by atoms with van der Waals surface area (Å²) in [5.41, 5.74) is 4.15. The van der Waals surface area contributed by atoms with Gasteiger partial charge in [-0.2, -0.15) is 0 Å². The summed E-state index contributed by atoms with van der Waals surface area (Å²) in [5.74, 6) is -0.993. The van der Waals surface area contributed by atoms with Gasteiger partial charge < -0.3 is 5.32 Å². The molecule has 134 valence electrons. The molecule has 1 N–H and O–H groups in total. The molecule has 3 amide bonds. The molecule has 0 aliphatic carbocycles. The number of nitrogens with one attached hydrogen (secondary N) is 1. The highest BCUT2D eigenvalue weighted by Gasteiger charge is 2.32. The molecule has 0 unspecified atom stereocenters. The Labute approximate surface area is 155 Å². The number of hydrogen-bond donors (Lipinski definition) is 1. The van der Waals surface area contributed by atoms with E-state index in [4.69, 9.17) is 0 Å². The van der Waals surface area contributed by atoms with Crippen LogP contribution in [0, 0.1) is 13.8 Å². The van der Waals surface area contributed by atoms with Gasteiger partial charge in [-0.25, -0.2) is 0 Å². The van der Waals surface area contributed by atoms with Crippen LogP contribution in [-0.4, -0.2) is 34.7 Å². The maximum absolute atomic E-state index is 12.9. The van der Waals surface area contributed by atoms with Gasteiger partial charge in [0.05, 0.1) is 22.2 Å². The number of carbonyl (C=O) groups is 3. The van der Waals surface area contributed by atoms with Crippen LogP contribution in [0.2, 0.25) is 0 Å². The molecule has 0 saturated carbocycles. The number of benzene rings is 2. The lowest BCUT2D eigenvalue weighted by Gasteiger charge is -2.10. The molecular formula is C21H17N3O3. The number of hydrogen-bond acceptors (Lipinski definition) is 4. The van der Waals surface area contributed by atoms with E-state index >= 15 is 0 Å². The molecule has 6 nitrogen and oxygen atoms in total. The van der Waals surface area contributed by atoms with Crippen molar-refractivity contribution in [2.24, 2.45) is 0 Å². The predicted octanol–water partition coefficient (Wildman–Crippen LogP) is 3.33. The molecule has 1 aliphatic rings. The molecule has 27 heavy (non-hydrogen) atoms. The van der Waals surface area contributed by atoms with Gasteiger partial charge in [-0.05, 0) is 50.2 Å². The van der Waals surface area contributed by atoms with Crippen molar-refractivity contribution in [2.45, 2.75) is 13.8 Å². The Morgan fingerprint density at radius 2 is 1.70 bits per heavy atom. The van der Waals surface area contributed by atoms with Crippen molar-refractivity contribution in [1.29, 1.82) is 0 Å². The normalized spacial score (nSPS) is 13.2. The first-order valence-corrected chi connectivity index (χ1v) is 8.51. The minimum atomic E-state index is -0.369. The van der Waals surface area contributed by atoms with E-state index in [-0.39, 0.29) is 17.7 Å². The second-order valence-electron chi connectivity index (χ2n) is 6.72. The van der Waals surface area contributed by atoms with E-state index in [9.17, 15) is 14.4 Å². The van der Waals surface area contributed by atoms with Crippen molar-refractivity contribution in [3.05, 3.63) is 70.4 Å². The minimum absolute atomic E-state index is 0.291. The van der Waals surface area contributed by atoms with Crippen molar-refractivity contribution in [1.82, 2.24) is 9.88 Å². The summed E-state index contributed by atoms with van der Waals surface area (Å²) in [4.78, 5) is 42.6. The lowest BCUT2D eigenvalue weighted by Crippen LogP contribution is -2.24. The van der Waals surface area contributed by atoms with Gasteiger partial charge in [0.15, 0.2) is 0 Å². The molecule has 4 rings (SSSR count). The molecule has 0 saturated heterocycles. The average molecular weight is 359 g/mol. The van der Waals surface area contributed by atoms with Crippen LogP contribution in [0.4, 0.5) is 5.69 Å². The monoisotopic (exact) mass is 359 g/mol. The van der Waals surface area contributed by atoms with E-state index in [1.165, 1.54) is 7.05 Å². The van der Waals surface area contributed by atoms with Crippen LogP contribution >= 0.6 is 0 Å². The molecule has 0 spiro atoms. The standard InChI is InChI=1S/C21H17N3O3/c1-11-4-7-18-15(8-11)16(9-12(2)22-18)19(25)23-13-5-6-14-17(10-13)21(27)24(3)20(14)26/h4-10H,1-3H3,(H,23,25). The van der Waals surface area contributed by atoms with Crippen LogP contribution in [0.15, 0.2) is 42.5 Å². The Kier molecular flexibility index (Phi) is 3.77. The highest BCUT2D eigenvalue weighted by molar-refractivity contribution is 6.22. The molecule has 2 aromatic carbocycles. The molecular weight excluding hydrogens is 342 g/mol. The fraction of sp³-hybridized carbons (Fsp3) is 0.143. The Balaban J connectivity index is 1.72. The SMILES string of the molecule is Cc1ccc2nc(C)cc(C(=O)Nc3ccc4c(c3)C(=O)N(C)C4=O)c2c1. The van der Waals surface area contributed by atoms with Crippen LogP contribution < -0.4 is 5.32 Å². The van der Waals surface area contributed by atoms with E-state index < -0.39 is 0 Å². The third-order valence-corrected chi connectivity index (χ3v) is 4.68. The van der Waals surface area contributed by atoms with E-state index in [0.29, 0.717) is 22.4 Å². The number of imide groups is 1. The van der Waals surface area contributed by atoms with Crippen LogP contribution in [0.1, 0.15) is 42.3 Å². The van der Waals surface area contributed by atoms with E-state index in [0.717, 1.165) is 27.1 Å². The van der Waals surface area contributed by atoms with E-state index in [1.54, 1.807) is 24.3 Å². The summed E-state index contributed by atoms with van der Waals surface area (Å²) >= 11 is 0. The Hall–Kier alpha value is -3.54. The molecule has 0 bridgehead atoms. The van der Waals surface area contributed by atoms with Crippen molar-refractivity contribution >= 4 is 34.3 Å². The zero-order valence-electron chi connectivity index (χ0n) is 15.2. The molecule has 3 aromatic rings. The number of nitrogens with zero attached hydrogens (tertiary/aromatic N) is 2. The lowest BCUT2D eigenvalue weighted by atomic mass is 10.0. The maximum Gasteiger partial charge on any atom is 0.261 e. The fourth-order valence-electron chi connectivity index (χ4n) is 3.30. The third kappa shape index (κ3) is 2.75. The van der Waals surface area contributed by atoms with Crippen LogP contribution in [-0.2, 0) is 0 Å². The number of fused-ring (bicyclic) bond motifs is 2. The minimum Gasteiger partial charge on any atom is -0.322 e. The van der Waals surface area contributed by atoms with Crippen LogP contribution in [0.5, 0.6) is 0 Å². The van der Waals surface area contributed by atoms with Gasteiger partial charge in [0.1, 0.15) is 0 Å². The number of pyridine rings is 1. The summed E-state index contributed by atoms with van der Waals surface area (Å²) < 4.78 is 0. The first-order chi connectivity index (χ1) is 12.8. The lowest BCUT2D eigenvalue weighted by molar-refractivity contribution is 0.0692. The highest BCUT2D eigenvalue weighted by atomic mass is 16.2. The summed E-state index contributed by atoms with van der Waals surface area (Å²) in [5, 5.41) is 3.60. The first-order valence-electron chi connectivity index (χ1n) is 8.51. The second-order valence-corrected chi connectivity index (χ2v) is 6.72. The van der Waals surface area contributed by atoms with Gasteiger partial charge in [0.2, 0.25) is 0 Å². The van der Waals surface area contributed by atoms with Gasteiger partial charge in [-0.3, -0.25) is 24.3 Å². The average Bonchev–Trinajstić information content (AvgIpc) is 2.85. The molecule has 0 radical (unpaired) electrons. The number of carbonyl (C=O) groups excluding carboxylic acids is 3. The summed E-state index contributed by atoms with van der Waals surface area (Å²) in [7, 11) is 1.44. The maximum atomic E-state index is 12.9. The molecule has 0 fully saturated rings. The van der Waals surface area contributed by atoms with Crippen LogP contribution in [0.25, 0.3) is 10.9 Å². The zero-order chi connectivity index (χ0) is 19.3. The van der Waals surface area contributed by atoms with Crippen molar-refractivity contribution < 1.29 is 14.4 Å². The van der Waals surface area contributed by atoms with Gasteiger partial charge in [-0.1, -0.05) is 11.6 Å². The van der Waals surface area contributed by atoms with Crippen molar-refractivity contribution in [3.8, 4) is 0 Å². The number of anilines is 1. The largest absolute Gasteiger partial charge is 0.322 e. The molecule has 1 aliphatic heterocycles. The number of aromatic nitrogens is 1. The predicted molar refractivity (Wildman–Crippen MR) is 102 cm³/mol. The van der Waals surface area contributed by atoms with Gasteiger partial charge in [0.25, 0.3) is 17.7 Å². The first kappa shape index (κ1) is 16.9. The molecule has 0 atom stereocenters. The Morgan fingerprint density at radius 3 is 2.48 bits per heavy atom. The topological polar surface area (TPSA) is 79.4 Å². The van der Waals surface area contributed by atoms with Crippen molar-refractivity contribution in [3.63, 3.8) is 0 Å². The van der Waals surface area contributed by atoms with E-state index in [1.807, 2.05) is 32.0 Å². The fourth-order valence-corrected chi connectivity index (χ4v) is 3.30. The van der Waals surface area contributed by atoms with Gasteiger partial charge >= 0.3 is 0 Å². The quantitative estimate of drug-likeness (QED) is 0.712. The summed E-state index contributed by atoms with van der Waals surface area (Å²) in [6.07, 6.45) is 0. The van der Waals surface area contributed by atoms with Crippen LogP contribution in [0.3, 0.4) is 0 Å². The number of rotatable bonds is 2. The van der Waals surface area contributed by atoms with Gasteiger partial charge in [-0.15, -0.1) is 0 Å². The zero-order valence-corrected chi connectivity index (χ0v) is 15.2. The highest BCUT2D eigenvalue weighted by Crippen LogP contribution is 2.26. The summed E-state index contributed by atoms with van der Waals surface area (Å²) in [6.45, 7) is 3.80. The van der Waals surface area contributed by atoms with Gasteiger partial charge in [0, 0.05) is 23.8 Å². The molecule has 2 heterocycles. The van der Waals surface area contributed by atoms with Crippen molar-refractivity contribution in [2.75, 3.05) is 12.4 Å². The number of amides is 3. The third-order valence-electron chi connectivity index (χ3n) is 4.68.